The van der Waals surface area contributed by atoms with Crippen LogP contribution in [0.2, 0.25) is 0 Å². The van der Waals surface area contributed by atoms with Crippen LogP contribution in [0.15, 0.2) is 53.1 Å². The molecule has 1 N–H and O–H groups in total. The summed E-state index contributed by atoms with van der Waals surface area (Å²) in [6.45, 7) is 0.924. The third-order valence-corrected chi connectivity index (χ3v) is 4.72. The summed E-state index contributed by atoms with van der Waals surface area (Å²) in [5.41, 5.74) is 1.32. The molecule has 2 heterocycles. The number of aliphatic hydroxyl groups excluding tert-OH is 1. The van der Waals surface area contributed by atoms with Crippen molar-refractivity contribution in [1.82, 2.24) is 15.0 Å². The number of rotatable bonds is 5. The van der Waals surface area contributed by atoms with Gasteiger partial charge < -0.3 is 9.63 Å². The van der Waals surface area contributed by atoms with Gasteiger partial charge in [-0.15, -0.1) is 0 Å². The Kier molecular flexibility index (Phi) is 4.84. The van der Waals surface area contributed by atoms with Gasteiger partial charge in [-0.1, -0.05) is 29.4 Å². The summed E-state index contributed by atoms with van der Waals surface area (Å²) in [6.07, 6.45) is -0.115. The highest BCUT2D eigenvalue weighted by Crippen LogP contribution is 2.33. The van der Waals surface area contributed by atoms with E-state index >= 15 is 0 Å². The molecule has 0 unspecified atom stereocenters. The van der Waals surface area contributed by atoms with Crippen molar-refractivity contribution in [2.45, 2.75) is 25.1 Å². The van der Waals surface area contributed by atoms with Crippen molar-refractivity contribution in [1.29, 1.82) is 0 Å². The average molecular weight is 384 g/mol. The van der Waals surface area contributed by atoms with Crippen molar-refractivity contribution in [2.75, 3.05) is 6.54 Å². The number of nitrogens with zero attached hydrogens (tertiary/aromatic N) is 4. The van der Waals surface area contributed by atoms with E-state index in [0.717, 1.165) is 5.56 Å². The van der Waals surface area contributed by atoms with Gasteiger partial charge in [0, 0.05) is 30.8 Å². The second kappa shape index (κ2) is 7.45. The van der Waals surface area contributed by atoms with Crippen molar-refractivity contribution >= 4 is 5.69 Å². The molecule has 1 aliphatic rings. The van der Waals surface area contributed by atoms with Gasteiger partial charge in [0.25, 0.3) is 5.69 Å². The molecule has 0 spiro atoms. The maximum atomic E-state index is 13.1. The maximum Gasteiger partial charge on any atom is 0.270 e. The molecule has 2 aromatic carbocycles. The first-order valence-electron chi connectivity index (χ1n) is 8.74. The highest BCUT2D eigenvalue weighted by molar-refractivity contribution is 5.58. The van der Waals surface area contributed by atoms with Crippen molar-refractivity contribution < 1.29 is 18.9 Å². The molecule has 1 fully saturated rings. The van der Waals surface area contributed by atoms with E-state index in [1.807, 2.05) is 4.90 Å². The lowest BCUT2D eigenvalue weighted by Crippen LogP contribution is -2.24. The lowest BCUT2D eigenvalue weighted by molar-refractivity contribution is -0.384. The van der Waals surface area contributed by atoms with Crippen molar-refractivity contribution in [3.8, 4) is 11.4 Å². The Morgan fingerprint density at radius 3 is 2.82 bits per heavy atom. The summed E-state index contributed by atoms with van der Waals surface area (Å²) >= 11 is 0. The number of likely N-dealkylation sites (tertiary alicyclic amines) is 1. The summed E-state index contributed by atoms with van der Waals surface area (Å²) in [5.74, 6) is 0.280. The zero-order valence-corrected chi connectivity index (χ0v) is 14.7. The Balaban J connectivity index is 1.56. The first-order chi connectivity index (χ1) is 13.5. The zero-order valence-electron chi connectivity index (χ0n) is 14.7. The second-order valence-electron chi connectivity index (χ2n) is 6.72. The van der Waals surface area contributed by atoms with Crippen LogP contribution in [-0.4, -0.2) is 37.7 Å². The molecule has 9 heteroatoms. The number of hydrogen-bond acceptors (Lipinski definition) is 7. The van der Waals surface area contributed by atoms with Crippen LogP contribution in [-0.2, 0) is 6.54 Å². The number of β-amino-alcohol motifs (C(OH)–C–C–N with tert-alkyl or cyclic N) is 1. The number of hydrogen-bond donors (Lipinski definition) is 1. The SMILES string of the molecule is O=[N+]([O-])c1cccc(-c2noc([C@@H]3C[C@@H](O)CN3Cc3ccc(F)cc3)n2)c1. The Hall–Kier alpha value is -3.17. The monoisotopic (exact) mass is 384 g/mol. The fraction of sp³-hybridized carbons (Fsp3) is 0.263. The molecule has 0 aliphatic carbocycles. The van der Waals surface area contributed by atoms with Crippen LogP contribution in [0.1, 0.15) is 23.9 Å². The van der Waals surface area contributed by atoms with Crippen LogP contribution in [0.25, 0.3) is 11.4 Å². The smallest absolute Gasteiger partial charge is 0.270 e. The van der Waals surface area contributed by atoms with E-state index in [1.54, 1.807) is 24.3 Å². The standard InChI is InChI=1S/C19H17FN4O4/c20-14-6-4-12(5-7-14)10-23-11-16(25)9-17(23)19-21-18(22-28-19)13-2-1-3-15(8-13)24(26)27/h1-8,16-17,25H,9-11H2/t16-,17+/m1/s1. The lowest BCUT2D eigenvalue weighted by Gasteiger charge is -2.21. The number of benzene rings is 2. The molecule has 1 aromatic heterocycles. The lowest BCUT2D eigenvalue weighted by atomic mass is 10.1. The molecule has 28 heavy (non-hydrogen) atoms. The molecule has 0 bridgehead atoms. The Bertz CT molecular complexity index is 992. The quantitative estimate of drug-likeness (QED) is 0.532. The Labute approximate surface area is 159 Å². The van der Waals surface area contributed by atoms with Crippen molar-refractivity contribution in [3.05, 3.63) is 75.9 Å². The molecular weight excluding hydrogens is 367 g/mol. The number of nitro benzene ring substituents is 1. The summed E-state index contributed by atoms with van der Waals surface area (Å²) in [4.78, 5) is 16.9. The van der Waals surface area contributed by atoms with E-state index in [2.05, 4.69) is 10.1 Å². The van der Waals surface area contributed by atoms with Gasteiger partial charge in [0.2, 0.25) is 11.7 Å². The molecule has 3 aromatic rings. The van der Waals surface area contributed by atoms with Gasteiger partial charge in [0.1, 0.15) is 5.82 Å². The zero-order chi connectivity index (χ0) is 19.7. The fourth-order valence-electron chi connectivity index (χ4n) is 3.38. The van der Waals surface area contributed by atoms with E-state index in [1.165, 1.54) is 24.3 Å². The normalized spacial score (nSPS) is 19.8. The third kappa shape index (κ3) is 3.75. The number of aliphatic hydroxyl groups is 1. The van der Waals surface area contributed by atoms with E-state index in [9.17, 15) is 19.6 Å². The topological polar surface area (TPSA) is 106 Å². The summed E-state index contributed by atoms with van der Waals surface area (Å²) in [5, 5.41) is 25.0. The summed E-state index contributed by atoms with van der Waals surface area (Å²) < 4.78 is 18.5. The molecule has 144 valence electrons. The van der Waals surface area contributed by atoms with Gasteiger partial charge in [0.05, 0.1) is 17.1 Å². The summed E-state index contributed by atoms with van der Waals surface area (Å²) in [7, 11) is 0. The van der Waals surface area contributed by atoms with E-state index in [0.29, 0.717) is 31.0 Å². The number of non-ortho nitro benzene ring substituents is 1. The molecule has 0 saturated carbocycles. The maximum absolute atomic E-state index is 13.1. The van der Waals surface area contributed by atoms with Gasteiger partial charge in [-0.2, -0.15) is 4.98 Å². The van der Waals surface area contributed by atoms with Gasteiger partial charge in [0.15, 0.2) is 0 Å². The number of aromatic nitrogens is 2. The van der Waals surface area contributed by atoms with Crippen LogP contribution in [0.3, 0.4) is 0 Å². The minimum absolute atomic E-state index is 0.0573. The molecular formula is C19H17FN4O4. The minimum Gasteiger partial charge on any atom is -0.392 e. The molecule has 0 amide bonds. The van der Waals surface area contributed by atoms with Gasteiger partial charge in [-0.05, 0) is 24.1 Å². The first-order valence-corrected chi connectivity index (χ1v) is 8.74. The number of halogens is 1. The first kappa shape index (κ1) is 18.2. The predicted molar refractivity (Wildman–Crippen MR) is 96.6 cm³/mol. The number of nitro groups is 1. The van der Waals surface area contributed by atoms with Gasteiger partial charge in [-0.25, -0.2) is 4.39 Å². The molecule has 0 radical (unpaired) electrons. The fourth-order valence-corrected chi connectivity index (χ4v) is 3.38. The van der Waals surface area contributed by atoms with Crippen LogP contribution < -0.4 is 0 Å². The largest absolute Gasteiger partial charge is 0.392 e. The van der Waals surface area contributed by atoms with Crippen LogP contribution in [0.5, 0.6) is 0 Å². The Morgan fingerprint density at radius 1 is 1.29 bits per heavy atom. The molecule has 2 atom stereocenters. The molecule has 1 aliphatic heterocycles. The second-order valence-corrected chi connectivity index (χ2v) is 6.72. The van der Waals surface area contributed by atoms with Crippen molar-refractivity contribution in [2.24, 2.45) is 0 Å². The van der Waals surface area contributed by atoms with E-state index < -0.39 is 11.0 Å². The van der Waals surface area contributed by atoms with Crippen LogP contribution >= 0.6 is 0 Å². The van der Waals surface area contributed by atoms with E-state index in [-0.39, 0.29) is 23.4 Å². The highest BCUT2D eigenvalue weighted by atomic mass is 19.1. The third-order valence-electron chi connectivity index (χ3n) is 4.72. The molecule has 1 saturated heterocycles. The van der Waals surface area contributed by atoms with Crippen LogP contribution in [0.4, 0.5) is 10.1 Å². The Morgan fingerprint density at radius 2 is 2.07 bits per heavy atom. The van der Waals surface area contributed by atoms with Gasteiger partial charge >= 0.3 is 0 Å². The minimum atomic E-state index is -0.543. The average Bonchev–Trinajstić information content (AvgIpc) is 3.30. The highest BCUT2D eigenvalue weighted by Gasteiger charge is 2.36. The molecule has 8 nitrogen and oxygen atoms in total. The van der Waals surface area contributed by atoms with Crippen LogP contribution in [0, 0.1) is 15.9 Å². The predicted octanol–water partition coefficient (Wildman–Crippen LogP) is 3.09. The van der Waals surface area contributed by atoms with Crippen molar-refractivity contribution in [3.63, 3.8) is 0 Å². The molecule has 4 rings (SSSR count). The van der Waals surface area contributed by atoms with E-state index in [4.69, 9.17) is 4.52 Å². The van der Waals surface area contributed by atoms with Gasteiger partial charge in [-0.3, -0.25) is 15.0 Å². The summed E-state index contributed by atoms with van der Waals surface area (Å²) in [6, 6.07) is 11.9.